The van der Waals surface area contributed by atoms with Crippen LogP contribution in [-0.4, -0.2) is 155 Å². The second-order valence-electron chi connectivity index (χ2n) is 15.0. The normalized spacial score (nSPS) is 11.9. The van der Waals surface area contributed by atoms with E-state index >= 15 is 0 Å². The molecule has 0 unspecified atom stereocenters. The van der Waals surface area contributed by atoms with Gasteiger partial charge in [-0.15, -0.1) is 0 Å². The van der Waals surface area contributed by atoms with Crippen LogP contribution in [0.1, 0.15) is 129 Å². The largest absolute Gasteiger partial charge is 0.481 e. The molecular weight excluding hydrogens is 782 g/mol. The molecular formula is C42H79N5O13. The number of ether oxygens (including phenoxy) is 4. The van der Waals surface area contributed by atoms with Crippen molar-refractivity contribution in [1.29, 1.82) is 0 Å². The summed E-state index contributed by atoms with van der Waals surface area (Å²) in [4.78, 5) is 71.0. The number of nitrogens with one attached hydrogen (secondary N) is 5. The van der Waals surface area contributed by atoms with Crippen molar-refractivity contribution in [3.8, 4) is 0 Å². The lowest BCUT2D eigenvalue weighted by Crippen LogP contribution is -2.63. The molecule has 0 fully saturated rings. The first-order valence-electron chi connectivity index (χ1n) is 22.1. The molecule has 0 heterocycles. The molecule has 0 aromatic rings. The summed E-state index contributed by atoms with van der Waals surface area (Å²) in [5.74, 6) is -2.31. The fraction of sp³-hybridized carbons (Fsp3) is 0.857. The standard InChI is InChI=1S/C42H79N5O13/c1-35(50)36(43-2)19-17-18-22-44-38(52)31-59-29-27-57-25-23-45-39(53)32-60-30-28-58-26-24-46-41(56)42(33-48,34-49)47-37(51)20-15-13-11-9-7-5-3-4-6-8-10-12-14-16-21-40(54)55/h36,43,48-49H,3-34H2,1-2H3,(H,44,52)(H,45,53)(H,46,56)(H,47,51)(H,54,55)/t36-/m1/s1. The van der Waals surface area contributed by atoms with E-state index in [0.29, 0.717) is 13.0 Å². The van der Waals surface area contributed by atoms with E-state index < -0.39 is 36.5 Å². The van der Waals surface area contributed by atoms with E-state index in [4.69, 9.17) is 24.1 Å². The van der Waals surface area contributed by atoms with Gasteiger partial charge in [0, 0.05) is 32.5 Å². The van der Waals surface area contributed by atoms with Crippen LogP contribution in [0.2, 0.25) is 0 Å². The number of hydrogen-bond donors (Lipinski definition) is 8. The first kappa shape index (κ1) is 56.7. The van der Waals surface area contributed by atoms with Gasteiger partial charge in [0.05, 0.1) is 58.9 Å². The van der Waals surface area contributed by atoms with Crippen molar-refractivity contribution >= 4 is 35.4 Å². The Kier molecular flexibility index (Phi) is 37.7. The van der Waals surface area contributed by atoms with Gasteiger partial charge in [-0.2, -0.15) is 0 Å². The van der Waals surface area contributed by atoms with E-state index in [1.54, 1.807) is 14.0 Å². The van der Waals surface area contributed by atoms with E-state index in [2.05, 4.69) is 26.6 Å². The van der Waals surface area contributed by atoms with Crippen molar-refractivity contribution in [1.82, 2.24) is 26.6 Å². The summed E-state index contributed by atoms with van der Waals surface area (Å²) in [6.07, 6.45) is 17.6. The van der Waals surface area contributed by atoms with Gasteiger partial charge in [-0.25, -0.2) is 0 Å². The minimum Gasteiger partial charge on any atom is -0.481 e. The Morgan fingerprint density at radius 2 is 0.950 bits per heavy atom. The molecule has 0 rings (SSSR count). The molecule has 18 nitrogen and oxygen atoms in total. The van der Waals surface area contributed by atoms with Crippen LogP contribution in [0.3, 0.4) is 0 Å². The lowest BCUT2D eigenvalue weighted by Gasteiger charge is -2.29. The number of amides is 4. The van der Waals surface area contributed by atoms with E-state index in [-0.39, 0.29) is 102 Å². The number of Topliss-reactive ketones (excluding diaryl/α,β-unsaturated/α-hetero) is 1. The van der Waals surface area contributed by atoms with Crippen LogP contribution in [0.4, 0.5) is 0 Å². The monoisotopic (exact) mass is 862 g/mol. The summed E-state index contributed by atoms with van der Waals surface area (Å²) in [6, 6.07) is -0.153. The second-order valence-corrected chi connectivity index (χ2v) is 15.0. The van der Waals surface area contributed by atoms with E-state index in [1.165, 1.54) is 38.5 Å². The van der Waals surface area contributed by atoms with Gasteiger partial charge >= 0.3 is 5.97 Å². The third kappa shape index (κ3) is 33.5. The summed E-state index contributed by atoms with van der Waals surface area (Å²) < 4.78 is 21.4. The molecule has 0 aliphatic heterocycles. The summed E-state index contributed by atoms with van der Waals surface area (Å²) >= 11 is 0. The number of unbranched alkanes of at least 4 members (excludes halogenated alkanes) is 14. The van der Waals surface area contributed by atoms with Crippen LogP contribution in [0.15, 0.2) is 0 Å². The third-order valence-corrected chi connectivity index (χ3v) is 9.79. The highest BCUT2D eigenvalue weighted by molar-refractivity contribution is 5.91. The van der Waals surface area contributed by atoms with Gasteiger partial charge in [0.15, 0.2) is 5.54 Å². The maximum absolute atomic E-state index is 12.8. The van der Waals surface area contributed by atoms with Gasteiger partial charge in [0.2, 0.25) is 17.7 Å². The Bertz CT molecular complexity index is 1140. The fourth-order valence-corrected chi connectivity index (χ4v) is 6.13. The highest BCUT2D eigenvalue weighted by Gasteiger charge is 2.38. The Hall–Kier alpha value is -3.26. The number of carboxylic acids is 1. The van der Waals surface area contributed by atoms with Crippen molar-refractivity contribution in [3.63, 3.8) is 0 Å². The number of likely N-dealkylation sites (N-methyl/N-ethyl adjacent to an activating group) is 1. The molecule has 0 aromatic heterocycles. The first-order valence-corrected chi connectivity index (χ1v) is 22.1. The number of ketones is 1. The second kappa shape index (κ2) is 39.9. The predicted octanol–water partition coefficient (Wildman–Crippen LogP) is 1.91. The topological polar surface area (TPSA) is 260 Å². The average Bonchev–Trinajstić information content (AvgIpc) is 3.22. The van der Waals surface area contributed by atoms with Crippen molar-refractivity contribution in [3.05, 3.63) is 0 Å². The molecule has 0 saturated carbocycles. The zero-order valence-electron chi connectivity index (χ0n) is 36.6. The van der Waals surface area contributed by atoms with Crippen molar-refractivity contribution in [2.75, 3.05) is 92.8 Å². The summed E-state index contributed by atoms with van der Waals surface area (Å²) in [5, 5.41) is 41.9. The van der Waals surface area contributed by atoms with E-state index in [9.17, 15) is 39.0 Å². The van der Waals surface area contributed by atoms with Crippen molar-refractivity contribution in [2.24, 2.45) is 0 Å². The molecule has 1 atom stereocenters. The first-order chi connectivity index (χ1) is 29.0. The molecule has 0 aromatic carbocycles. The van der Waals surface area contributed by atoms with Crippen LogP contribution >= 0.6 is 0 Å². The number of carbonyl (C=O) groups excluding carboxylic acids is 5. The highest BCUT2D eigenvalue weighted by atomic mass is 16.5. The highest BCUT2D eigenvalue weighted by Crippen LogP contribution is 2.14. The number of aliphatic carboxylic acids is 1. The number of carboxylic acid groups (broad SMARTS) is 1. The minimum absolute atomic E-state index is 0.0627. The zero-order valence-corrected chi connectivity index (χ0v) is 36.6. The maximum Gasteiger partial charge on any atom is 0.303 e. The number of rotatable bonds is 44. The molecule has 0 aliphatic rings. The molecule has 18 heteroatoms. The Morgan fingerprint density at radius 1 is 0.517 bits per heavy atom. The third-order valence-electron chi connectivity index (χ3n) is 9.79. The quantitative estimate of drug-likeness (QED) is 0.0408. The lowest BCUT2D eigenvalue weighted by atomic mass is 9.99. The smallest absolute Gasteiger partial charge is 0.303 e. The fourth-order valence-electron chi connectivity index (χ4n) is 6.13. The molecule has 0 spiro atoms. The molecule has 0 bridgehead atoms. The maximum atomic E-state index is 12.8. The van der Waals surface area contributed by atoms with Crippen LogP contribution in [0.25, 0.3) is 0 Å². The zero-order chi connectivity index (χ0) is 44.5. The Morgan fingerprint density at radius 3 is 1.40 bits per heavy atom. The summed E-state index contributed by atoms with van der Waals surface area (Å²) in [6.45, 7) is 1.74. The number of aliphatic hydroxyl groups is 2. The lowest BCUT2D eigenvalue weighted by molar-refractivity contribution is -0.137. The summed E-state index contributed by atoms with van der Waals surface area (Å²) in [7, 11) is 1.75. The van der Waals surface area contributed by atoms with Gasteiger partial charge in [-0.1, -0.05) is 77.0 Å². The van der Waals surface area contributed by atoms with Gasteiger partial charge in [0.1, 0.15) is 19.0 Å². The van der Waals surface area contributed by atoms with Gasteiger partial charge in [0.25, 0.3) is 5.91 Å². The van der Waals surface area contributed by atoms with Crippen molar-refractivity contribution < 1.29 is 63.0 Å². The predicted molar refractivity (Wildman–Crippen MR) is 226 cm³/mol. The number of hydrogen-bond acceptors (Lipinski definition) is 13. The molecule has 4 amide bonds. The summed E-state index contributed by atoms with van der Waals surface area (Å²) in [5.41, 5.74) is -1.85. The molecule has 350 valence electrons. The molecule has 60 heavy (non-hydrogen) atoms. The number of aliphatic hydroxyl groups excluding tert-OH is 2. The molecule has 8 N–H and O–H groups in total. The minimum atomic E-state index is -1.85. The number of carbonyl (C=O) groups is 6. The molecule has 0 aliphatic carbocycles. The SMILES string of the molecule is CN[C@H](CCCCNC(=O)COCCOCCNC(=O)COCCOCCNC(=O)C(CO)(CO)NC(=O)CCCCCCCCCCCCCCCCC(=O)O)C(C)=O. The molecule has 0 radical (unpaired) electrons. The average molecular weight is 862 g/mol. The van der Waals surface area contributed by atoms with Crippen LogP contribution in [0.5, 0.6) is 0 Å². The van der Waals surface area contributed by atoms with Crippen LogP contribution in [-0.2, 0) is 47.7 Å². The van der Waals surface area contributed by atoms with Crippen molar-refractivity contribution in [2.45, 2.75) is 141 Å². The van der Waals surface area contributed by atoms with E-state index in [0.717, 1.165) is 64.2 Å². The van der Waals surface area contributed by atoms with Gasteiger partial charge in [-0.05, 0) is 46.1 Å². The Balaban J connectivity index is 3.78. The van der Waals surface area contributed by atoms with Crippen LogP contribution < -0.4 is 26.6 Å². The molecule has 0 saturated heterocycles. The van der Waals surface area contributed by atoms with Crippen LogP contribution in [0, 0.1) is 0 Å². The van der Waals surface area contributed by atoms with E-state index in [1.807, 2.05) is 0 Å². The Labute approximate surface area is 357 Å². The van der Waals surface area contributed by atoms with Gasteiger partial charge < -0.3 is 60.9 Å². The van der Waals surface area contributed by atoms with Gasteiger partial charge in [-0.3, -0.25) is 28.8 Å².